The first-order chi connectivity index (χ1) is 9.45. The number of nitrogens with zero attached hydrogens (tertiary/aromatic N) is 3. The Labute approximate surface area is 125 Å². The lowest BCUT2D eigenvalue weighted by molar-refractivity contribution is 0.0514. The lowest BCUT2D eigenvalue weighted by Crippen LogP contribution is -2.61. The summed E-state index contributed by atoms with van der Waals surface area (Å²) in [5, 5.41) is 3.72. The highest BCUT2D eigenvalue weighted by Gasteiger charge is 2.30. The van der Waals surface area contributed by atoms with Crippen LogP contribution >= 0.6 is 0 Å². The SMILES string of the molecule is CC(C)CC1CN(CC2CN(C)CCN2C)C(C)CN1. The molecule has 2 saturated heterocycles. The second kappa shape index (κ2) is 7.21. The molecular formula is C16H34N4. The van der Waals surface area contributed by atoms with E-state index in [1.165, 1.54) is 39.1 Å². The Hall–Kier alpha value is -0.160. The normalized spacial score (nSPS) is 34.8. The van der Waals surface area contributed by atoms with Gasteiger partial charge in [0.05, 0.1) is 0 Å². The molecule has 4 heteroatoms. The van der Waals surface area contributed by atoms with Gasteiger partial charge in [0.15, 0.2) is 0 Å². The predicted octanol–water partition coefficient (Wildman–Crippen LogP) is 0.941. The lowest BCUT2D eigenvalue weighted by atomic mass is 9.99. The fraction of sp³-hybridized carbons (Fsp3) is 1.00. The van der Waals surface area contributed by atoms with E-state index in [4.69, 9.17) is 0 Å². The first-order valence-electron chi connectivity index (χ1n) is 8.32. The third-order valence-electron chi connectivity index (χ3n) is 4.96. The maximum absolute atomic E-state index is 3.72. The van der Waals surface area contributed by atoms with Crippen molar-refractivity contribution < 1.29 is 0 Å². The second-order valence-electron chi connectivity index (χ2n) is 7.43. The summed E-state index contributed by atoms with van der Waals surface area (Å²) in [7, 11) is 4.54. The molecule has 1 N–H and O–H groups in total. The van der Waals surface area contributed by atoms with Crippen LogP contribution in [0.2, 0.25) is 0 Å². The molecule has 4 nitrogen and oxygen atoms in total. The molecule has 2 aliphatic rings. The van der Waals surface area contributed by atoms with Gasteiger partial charge in [0.1, 0.15) is 0 Å². The van der Waals surface area contributed by atoms with E-state index in [1.807, 2.05) is 0 Å². The van der Waals surface area contributed by atoms with Gasteiger partial charge in [-0.05, 0) is 33.4 Å². The van der Waals surface area contributed by atoms with E-state index in [0.717, 1.165) is 12.5 Å². The van der Waals surface area contributed by atoms with Crippen LogP contribution in [0.25, 0.3) is 0 Å². The Balaban J connectivity index is 1.88. The molecule has 0 saturated carbocycles. The smallest absolute Gasteiger partial charge is 0.0347 e. The number of rotatable bonds is 4. The first-order valence-corrected chi connectivity index (χ1v) is 8.32. The molecule has 0 radical (unpaired) electrons. The molecular weight excluding hydrogens is 248 g/mol. The van der Waals surface area contributed by atoms with Crippen LogP contribution in [0.4, 0.5) is 0 Å². The molecule has 0 aliphatic carbocycles. The van der Waals surface area contributed by atoms with Crippen LogP contribution in [0.15, 0.2) is 0 Å². The maximum atomic E-state index is 3.72. The summed E-state index contributed by atoms with van der Waals surface area (Å²) in [4.78, 5) is 7.74. The molecule has 2 rings (SSSR count). The van der Waals surface area contributed by atoms with Crippen molar-refractivity contribution in [1.29, 1.82) is 0 Å². The lowest BCUT2D eigenvalue weighted by Gasteiger charge is -2.45. The third-order valence-corrected chi connectivity index (χ3v) is 4.96. The standard InChI is InChI=1S/C16H34N4/c1-13(2)8-15-10-20(14(3)9-17-15)12-16-11-18(4)6-7-19(16)5/h13-17H,6-12H2,1-5H3. The maximum Gasteiger partial charge on any atom is 0.0347 e. The highest BCUT2D eigenvalue weighted by molar-refractivity contribution is 4.89. The van der Waals surface area contributed by atoms with Crippen LogP contribution in [-0.4, -0.2) is 86.2 Å². The number of likely N-dealkylation sites (N-methyl/N-ethyl adjacent to an activating group) is 2. The van der Waals surface area contributed by atoms with Crippen molar-refractivity contribution in [2.45, 2.75) is 45.3 Å². The van der Waals surface area contributed by atoms with Gasteiger partial charge in [-0.2, -0.15) is 0 Å². The highest BCUT2D eigenvalue weighted by Crippen LogP contribution is 2.16. The van der Waals surface area contributed by atoms with Crippen molar-refractivity contribution >= 4 is 0 Å². The summed E-state index contributed by atoms with van der Waals surface area (Å²) < 4.78 is 0. The van der Waals surface area contributed by atoms with Crippen LogP contribution in [0, 0.1) is 5.92 Å². The Morgan fingerprint density at radius 1 is 1.15 bits per heavy atom. The second-order valence-corrected chi connectivity index (χ2v) is 7.43. The highest BCUT2D eigenvalue weighted by atomic mass is 15.3. The van der Waals surface area contributed by atoms with Gasteiger partial charge in [0.2, 0.25) is 0 Å². The Kier molecular flexibility index (Phi) is 5.84. The molecule has 0 aromatic heterocycles. The first kappa shape index (κ1) is 16.2. The monoisotopic (exact) mass is 282 g/mol. The predicted molar refractivity (Wildman–Crippen MR) is 86.2 cm³/mol. The Morgan fingerprint density at radius 2 is 1.90 bits per heavy atom. The summed E-state index contributed by atoms with van der Waals surface area (Å²) >= 11 is 0. The van der Waals surface area contributed by atoms with Crippen molar-refractivity contribution in [2.75, 3.05) is 53.4 Å². The van der Waals surface area contributed by atoms with E-state index < -0.39 is 0 Å². The minimum atomic E-state index is 0.666. The third kappa shape index (κ3) is 4.42. The van der Waals surface area contributed by atoms with Crippen molar-refractivity contribution in [3.63, 3.8) is 0 Å². The largest absolute Gasteiger partial charge is 0.311 e. The topological polar surface area (TPSA) is 21.8 Å². The molecule has 20 heavy (non-hydrogen) atoms. The van der Waals surface area contributed by atoms with E-state index >= 15 is 0 Å². The van der Waals surface area contributed by atoms with E-state index in [0.29, 0.717) is 18.1 Å². The van der Waals surface area contributed by atoms with E-state index in [-0.39, 0.29) is 0 Å². The zero-order valence-corrected chi connectivity index (χ0v) is 14.1. The van der Waals surface area contributed by atoms with E-state index in [1.54, 1.807) is 0 Å². The quantitative estimate of drug-likeness (QED) is 0.828. The minimum absolute atomic E-state index is 0.666. The molecule has 0 amide bonds. The minimum Gasteiger partial charge on any atom is -0.311 e. The van der Waals surface area contributed by atoms with Gasteiger partial charge in [-0.1, -0.05) is 13.8 Å². The van der Waals surface area contributed by atoms with Gasteiger partial charge in [-0.25, -0.2) is 0 Å². The van der Waals surface area contributed by atoms with Crippen LogP contribution < -0.4 is 5.32 Å². The molecule has 118 valence electrons. The molecule has 3 unspecified atom stereocenters. The number of hydrogen-bond donors (Lipinski definition) is 1. The summed E-state index contributed by atoms with van der Waals surface area (Å²) in [6.45, 7) is 14.2. The van der Waals surface area contributed by atoms with Crippen LogP contribution in [0.3, 0.4) is 0 Å². The van der Waals surface area contributed by atoms with Crippen molar-refractivity contribution in [2.24, 2.45) is 5.92 Å². The number of piperazine rings is 2. The number of hydrogen-bond acceptors (Lipinski definition) is 4. The van der Waals surface area contributed by atoms with Crippen LogP contribution in [-0.2, 0) is 0 Å². The molecule has 0 aromatic carbocycles. The molecule has 2 heterocycles. The van der Waals surface area contributed by atoms with Crippen molar-refractivity contribution in [3.05, 3.63) is 0 Å². The van der Waals surface area contributed by atoms with Gasteiger partial charge in [-0.3, -0.25) is 9.80 Å². The summed E-state index contributed by atoms with van der Waals surface area (Å²) in [5.74, 6) is 0.784. The van der Waals surface area contributed by atoms with E-state index in [2.05, 4.69) is 54.9 Å². The molecule has 0 bridgehead atoms. The van der Waals surface area contributed by atoms with Crippen LogP contribution in [0.1, 0.15) is 27.2 Å². The Morgan fingerprint density at radius 3 is 2.60 bits per heavy atom. The number of nitrogens with one attached hydrogen (secondary N) is 1. The molecule has 2 aliphatic heterocycles. The molecule has 2 fully saturated rings. The van der Waals surface area contributed by atoms with Gasteiger partial charge >= 0.3 is 0 Å². The zero-order valence-electron chi connectivity index (χ0n) is 14.1. The van der Waals surface area contributed by atoms with Crippen molar-refractivity contribution in [1.82, 2.24) is 20.0 Å². The van der Waals surface area contributed by atoms with E-state index in [9.17, 15) is 0 Å². The van der Waals surface area contributed by atoms with Gasteiger partial charge in [0.25, 0.3) is 0 Å². The average molecular weight is 282 g/mol. The zero-order chi connectivity index (χ0) is 14.7. The van der Waals surface area contributed by atoms with Gasteiger partial charge < -0.3 is 10.2 Å². The Bertz CT molecular complexity index is 294. The molecule has 3 atom stereocenters. The van der Waals surface area contributed by atoms with Crippen LogP contribution in [0.5, 0.6) is 0 Å². The molecule has 0 spiro atoms. The van der Waals surface area contributed by atoms with Crippen molar-refractivity contribution in [3.8, 4) is 0 Å². The van der Waals surface area contributed by atoms with Gasteiger partial charge in [0, 0.05) is 57.4 Å². The fourth-order valence-corrected chi connectivity index (χ4v) is 3.54. The summed E-state index contributed by atoms with van der Waals surface area (Å²) in [6, 6.07) is 2.03. The fourth-order valence-electron chi connectivity index (χ4n) is 3.54. The molecule has 0 aromatic rings. The summed E-state index contributed by atoms with van der Waals surface area (Å²) in [5.41, 5.74) is 0. The average Bonchev–Trinajstić information content (AvgIpc) is 2.37. The summed E-state index contributed by atoms with van der Waals surface area (Å²) in [6.07, 6.45) is 1.30. The van der Waals surface area contributed by atoms with Gasteiger partial charge in [-0.15, -0.1) is 0 Å².